The zero-order chi connectivity index (χ0) is 18.9. The summed E-state index contributed by atoms with van der Waals surface area (Å²) in [6, 6.07) is 0. The molecule has 0 aliphatic rings. The van der Waals surface area contributed by atoms with Crippen LogP contribution in [0, 0.1) is 11.3 Å². The lowest BCUT2D eigenvalue weighted by Gasteiger charge is -2.20. The number of rotatable bonds is 9. The Balaban J connectivity index is 4.52. The van der Waals surface area contributed by atoms with Crippen LogP contribution in [0.1, 0.15) is 61.8 Å². The average Bonchev–Trinajstić information content (AvgIpc) is 2.45. The van der Waals surface area contributed by atoms with E-state index in [0.717, 1.165) is 0 Å². The molecule has 24 heavy (non-hydrogen) atoms. The first-order chi connectivity index (χ1) is 11.0. The van der Waals surface area contributed by atoms with Gasteiger partial charge in [-0.1, -0.05) is 76.6 Å². The normalized spacial score (nSPS) is 15.7. The first-order valence-corrected chi connectivity index (χ1v) is 8.96. The molecule has 0 aromatic heterocycles. The minimum Gasteiger partial charge on any atom is -0.390 e. The summed E-state index contributed by atoms with van der Waals surface area (Å²) in [5, 5.41) is 10.2. The fourth-order valence-electron chi connectivity index (χ4n) is 2.59. The van der Waals surface area contributed by atoms with Gasteiger partial charge in [-0.3, -0.25) is 0 Å². The molecular weight excluding hydrogens is 296 g/mol. The van der Waals surface area contributed by atoms with Gasteiger partial charge in [0.2, 0.25) is 0 Å². The predicted octanol–water partition coefficient (Wildman–Crippen LogP) is 5.85. The molecule has 0 aromatic carbocycles. The van der Waals surface area contributed by atoms with Crippen LogP contribution >= 0.6 is 0 Å². The molecule has 2 nitrogen and oxygen atoms in total. The Labute approximate surface area is 150 Å². The summed E-state index contributed by atoms with van der Waals surface area (Å²) < 4.78 is 5.75. The number of aliphatic hydroxyl groups is 1. The van der Waals surface area contributed by atoms with Gasteiger partial charge in [-0.2, -0.15) is 0 Å². The minimum absolute atomic E-state index is 0.0314. The van der Waals surface area contributed by atoms with Crippen molar-refractivity contribution in [2.75, 3.05) is 6.61 Å². The van der Waals surface area contributed by atoms with E-state index in [1.807, 2.05) is 25.2 Å². The SMILES string of the molecule is C=C/C(=C\C=C/C(C)OCC(O)CC(=C(C)C)C(C)C)C(C)(C)C. The smallest absolute Gasteiger partial charge is 0.0811 e. The second-order valence-corrected chi connectivity index (χ2v) is 8.04. The van der Waals surface area contributed by atoms with E-state index < -0.39 is 6.10 Å². The van der Waals surface area contributed by atoms with Crippen LogP contribution < -0.4 is 0 Å². The van der Waals surface area contributed by atoms with Gasteiger partial charge in [-0.25, -0.2) is 0 Å². The van der Waals surface area contributed by atoms with Gasteiger partial charge in [-0.15, -0.1) is 0 Å². The minimum atomic E-state index is -0.456. The molecule has 0 spiro atoms. The van der Waals surface area contributed by atoms with Gasteiger partial charge in [0.15, 0.2) is 0 Å². The van der Waals surface area contributed by atoms with Crippen molar-refractivity contribution in [2.45, 2.75) is 74.0 Å². The highest BCUT2D eigenvalue weighted by Gasteiger charge is 2.14. The van der Waals surface area contributed by atoms with E-state index in [9.17, 15) is 5.11 Å². The third-order valence-corrected chi connectivity index (χ3v) is 4.09. The standard InChI is InChI=1S/C22H38O2/c1-10-19(22(7,8)9)13-11-12-18(6)24-15-20(23)14-21(16(2)3)17(4)5/h10-13,16,18,20,23H,1,14-15H2,2-9H3/b12-11-,19-13+. The Bertz CT molecular complexity index is 469. The van der Waals surface area contributed by atoms with Crippen molar-refractivity contribution in [1.82, 2.24) is 0 Å². The fraction of sp³-hybridized carbons (Fsp3) is 0.636. The van der Waals surface area contributed by atoms with E-state index in [1.54, 1.807) is 0 Å². The molecule has 0 saturated carbocycles. The van der Waals surface area contributed by atoms with Gasteiger partial charge in [0, 0.05) is 0 Å². The lowest BCUT2D eigenvalue weighted by molar-refractivity contribution is 0.0160. The van der Waals surface area contributed by atoms with Crippen LogP contribution in [-0.2, 0) is 4.74 Å². The van der Waals surface area contributed by atoms with Crippen LogP contribution in [0.3, 0.4) is 0 Å². The number of aliphatic hydroxyl groups excluding tert-OH is 1. The van der Waals surface area contributed by atoms with Crippen LogP contribution in [0.25, 0.3) is 0 Å². The molecule has 0 bridgehead atoms. The number of allylic oxidation sites excluding steroid dienone is 5. The maximum Gasteiger partial charge on any atom is 0.0811 e. The van der Waals surface area contributed by atoms with E-state index in [4.69, 9.17) is 4.74 Å². The lowest BCUT2D eigenvalue weighted by Crippen LogP contribution is -2.20. The molecule has 0 amide bonds. The van der Waals surface area contributed by atoms with E-state index >= 15 is 0 Å². The molecule has 0 fully saturated rings. The summed E-state index contributed by atoms with van der Waals surface area (Å²) in [5.74, 6) is 0.460. The number of hydrogen-bond acceptors (Lipinski definition) is 2. The predicted molar refractivity (Wildman–Crippen MR) is 106 cm³/mol. The Morgan fingerprint density at radius 1 is 1.17 bits per heavy atom. The maximum absolute atomic E-state index is 10.2. The van der Waals surface area contributed by atoms with Crippen molar-refractivity contribution in [3.8, 4) is 0 Å². The monoisotopic (exact) mass is 334 g/mol. The molecule has 0 aromatic rings. The summed E-state index contributed by atoms with van der Waals surface area (Å²) in [6.45, 7) is 21.3. The average molecular weight is 335 g/mol. The van der Waals surface area contributed by atoms with E-state index in [0.29, 0.717) is 18.9 Å². The van der Waals surface area contributed by atoms with Gasteiger partial charge < -0.3 is 9.84 Å². The molecule has 1 N–H and O–H groups in total. The van der Waals surface area contributed by atoms with Gasteiger partial charge in [-0.05, 0) is 44.1 Å². The second-order valence-electron chi connectivity index (χ2n) is 8.04. The van der Waals surface area contributed by atoms with Crippen molar-refractivity contribution < 1.29 is 9.84 Å². The molecule has 138 valence electrons. The Morgan fingerprint density at radius 2 is 1.75 bits per heavy atom. The number of hydrogen-bond donors (Lipinski definition) is 1. The largest absolute Gasteiger partial charge is 0.390 e. The van der Waals surface area contributed by atoms with Crippen LogP contribution in [0.4, 0.5) is 0 Å². The third kappa shape index (κ3) is 9.24. The zero-order valence-electron chi connectivity index (χ0n) is 17.0. The van der Waals surface area contributed by atoms with Gasteiger partial charge in [0.05, 0.1) is 18.8 Å². The van der Waals surface area contributed by atoms with Crippen LogP contribution in [0.2, 0.25) is 0 Å². The lowest BCUT2D eigenvalue weighted by atomic mass is 9.86. The van der Waals surface area contributed by atoms with E-state index in [-0.39, 0.29) is 11.5 Å². The highest BCUT2D eigenvalue weighted by molar-refractivity contribution is 5.27. The summed E-state index contributed by atoms with van der Waals surface area (Å²) >= 11 is 0. The summed E-state index contributed by atoms with van der Waals surface area (Å²) in [5.41, 5.74) is 3.89. The molecule has 0 aliphatic heterocycles. The molecule has 0 heterocycles. The Morgan fingerprint density at radius 3 is 2.17 bits per heavy atom. The molecule has 2 atom stereocenters. The van der Waals surface area contributed by atoms with Crippen molar-refractivity contribution in [3.63, 3.8) is 0 Å². The van der Waals surface area contributed by atoms with Crippen molar-refractivity contribution in [1.29, 1.82) is 0 Å². The van der Waals surface area contributed by atoms with E-state index in [2.05, 4.69) is 61.1 Å². The summed E-state index contributed by atoms with van der Waals surface area (Å²) in [6.07, 6.45) is 8.18. The maximum atomic E-state index is 10.2. The van der Waals surface area contributed by atoms with Crippen molar-refractivity contribution in [3.05, 3.63) is 47.6 Å². The highest BCUT2D eigenvalue weighted by Crippen LogP contribution is 2.25. The molecule has 0 aliphatic carbocycles. The van der Waals surface area contributed by atoms with Gasteiger partial charge >= 0.3 is 0 Å². The molecule has 0 saturated heterocycles. The first kappa shape index (κ1) is 22.9. The van der Waals surface area contributed by atoms with Gasteiger partial charge in [0.1, 0.15) is 0 Å². The summed E-state index contributed by atoms with van der Waals surface area (Å²) in [4.78, 5) is 0. The van der Waals surface area contributed by atoms with Crippen LogP contribution in [0.5, 0.6) is 0 Å². The van der Waals surface area contributed by atoms with Gasteiger partial charge in [0.25, 0.3) is 0 Å². The topological polar surface area (TPSA) is 29.5 Å². The molecule has 0 rings (SSSR count). The highest BCUT2D eigenvalue weighted by atomic mass is 16.5. The molecular formula is C22H38O2. The fourth-order valence-corrected chi connectivity index (χ4v) is 2.59. The number of ether oxygens (including phenoxy) is 1. The Hall–Kier alpha value is -1.12. The van der Waals surface area contributed by atoms with E-state index in [1.165, 1.54) is 16.7 Å². The Kier molecular flexibility index (Phi) is 10.2. The van der Waals surface area contributed by atoms with Crippen molar-refractivity contribution >= 4 is 0 Å². The third-order valence-electron chi connectivity index (χ3n) is 4.09. The van der Waals surface area contributed by atoms with Crippen molar-refractivity contribution in [2.24, 2.45) is 11.3 Å². The molecule has 2 unspecified atom stereocenters. The first-order valence-electron chi connectivity index (χ1n) is 8.96. The molecule has 0 radical (unpaired) electrons. The van der Waals surface area contributed by atoms with Crippen LogP contribution in [0.15, 0.2) is 47.6 Å². The quantitative estimate of drug-likeness (QED) is 0.423. The van der Waals surface area contributed by atoms with Crippen LogP contribution in [-0.4, -0.2) is 23.9 Å². The second kappa shape index (κ2) is 10.7. The zero-order valence-corrected chi connectivity index (χ0v) is 17.0. The molecule has 2 heteroatoms. The summed E-state index contributed by atoms with van der Waals surface area (Å²) in [7, 11) is 0.